The fourth-order valence-electron chi connectivity index (χ4n) is 4.37. The highest BCUT2D eigenvalue weighted by Gasteiger charge is 2.23. The molecule has 5 nitrogen and oxygen atoms in total. The van der Waals surface area contributed by atoms with Crippen molar-refractivity contribution in [3.8, 4) is 5.75 Å². The van der Waals surface area contributed by atoms with E-state index in [9.17, 15) is 4.79 Å². The fraction of sp³-hybridized carbons (Fsp3) is 0.458. The van der Waals surface area contributed by atoms with Crippen molar-refractivity contribution in [3.05, 3.63) is 53.6 Å². The molecule has 0 unspecified atom stereocenters. The van der Waals surface area contributed by atoms with Crippen molar-refractivity contribution in [1.82, 2.24) is 4.90 Å². The Hall–Kier alpha value is -2.69. The van der Waals surface area contributed by atoms with Crippen molar-refractivity contribution < 1.29 is 9.53 Å². The van der Waals surface area contributed by atoms with E-state index >= 15 is 0 Å². The van der Waals surface area contributed by atoms with Crippen LogP contribution in [0.5, 0.6) is 5.75 Å². The third-order valence-corrected chi connectivity index (χ3v) is 6.13. The smallest absolute Gasteiger partial charge is 0.224 e. The summed E-state index contributed by atoms with van der Waals surface area (Å²) in [5.74, 6) is 1.18. The Kier molecular flexibility index (Phi) is 5.93. The zero-order chi connectivity index (χ0) is 20.2. The standard InChI is InChI=1S/C24H31N3O2/c1-19-5-7-21(8-6-19)25-14-16-27(17-15-25)24(28)11-13-26-12-3-4-20-18-22(29-2)9-10-23(20)26/h5-10,18H,3-4,11-17H2,1-2H3. The molecule has 0 spiro atoms. The first-order chi connectivity index (χ1) is 14.1. The third-order valence-electron chi connectivity index (χ3n) is 6.13. The van der Waals surface area contributed by atoms with Crippen molar-refractivity contribution >= 4 is 17.3 Å². The molecule has 0 radical (unpaired) electrons. The summed E-state index contributed by atoms with van der Waals surface area (Å²) in [6, 6.07) is 14.9. The zero-order valence-electron chi connectivity index (χ0n) is 17.6. The number of amides is 1. The average Bonchev–Trinajstić information content (AvgIpc) is 2.77. The number of carbonyl (C=O) groups excluding carboxylic acids is 1. The Labute approximate surface area is 173 Å². The average molecular weight is 394 g/mol. The van der Waals surface area contributed by atoms with Crippen LogP contribution in [0.1, 0.15) is 24.0 Å². The monoisotopic (exact) mass is 393 g/mol. The number of anilines is 2. The van der Waals surface area contributed by atoms with Crippen molar-refractivity contribution in [3.63, 3.8) is 0 Å². The van der Waals surface area contributed by atoms with Crippen LogP contribution in [0.15, 0.2) is 42.5 Å². The van der Waals surface area contributed by atoms with Gasteiger partial charge in [0.1, 0.15) is 5.75 Å². The predicted molar refractivity (Wildman–Crippen MR) is 118 cm³/mol. The van der Waals surface area contributed by atoms with E-state index < -0.39 is 0 Å². The first-order valence-corrected chi connectivity index (χ1v) is 10.7. The second-order valence-corrected chi connectivity index (χ2v) is 8.04. The van der Waals surface area contributed by atoms with Crippen LogP contribution in [0, 0.1) is 6.92 Å². The second kappa shape index (κ2) is 8.76. The number of methoxy groups -OCH3 is 1. The summed E-state index contributed by atoms with van der Waals surface area (Å²) < 4.78 is 5.36. The van der Waals surface area contributed by atoms with Gasteiger partial charge in [-0.15, -0.1) is 0 Å². The minimum absolute atomic E-state index is 0.272. The molecule has 0 bridgehead atoms. The number of benzene rings is 2. The van der Waals surface area contributed by atoms with Crippen LogP contribution >= 0.6 is 0 Å². The quantitative estimate of drug-likeness (QED) is 0.779. The highest BCUT2D eigenvalue weighted by Crippen LogP contribution is 2.30. The summed E-state index contributed by atoms with van der Waals surface area (Å²) in [5.41, 5.74) is 5.12. The fourth-order valence-corrected chi connectivity index (χ4v) is 4.37. The Balaban J connectivity index is 1.29. The molecule has 0 N–H and O–H groups in total. The number of hydrogen-bond donors (Lipinski definition) is 0. The van der Waals surface area contributed by atoms with Crippen molar-refractivity contribution in [2.24, 2.45) is 0 Å². The maximum atomic E-state index is 12.8. The molecule has 2 aliphatic heterocycles. The van der Waals surface area contributed by atoms with E-state index in [1.54, 1.807) is 7.11 Å². The van der Waals surface area contributed by atoms with E-state index in [1.165, 1.54) is 22.5 Å². The molecule has 29 heavy (non-hydrogen) atoms. The zero-order valence-corrected chi connectivity index (χ0v) is 17.6. The Morgan fingerprint density at radius 2 is 1.76 bits per heavy atom. The van der Waals surface area contributed by atoms with Crippen molar-refractivity contribution in [2.75, 3.05) is 56.2 Å². The molecule has 2 aliphatic rings. The maximum absolute atomic E-state index is 12.8. The van der Waals surface area contributed by atoms with Gasteiger partial charge in [-0.3, -0.25) is 4.79 Å². The molecule has 154 valence electrons. The van der Waals surface area contributed by atoms with Crippen LogP contribution in [0.4, 0.5) is 11.4 Å². The molecule has 1 fully saturated rings. The number of nitrogens with zero attached hydrogens (tertiary/aromatic N) is 3. The Bertz CT molecular complexity index is 842. The first-order valence-electron chi connectivity index (χ1n) is 10.7. The molecule has 2 aromatic rings. The van der Waals surface area contributed by atoms with E-state index in [0.29, 0.717) is 6.42 Å². The molecule has 1 amide bonds. The summed E-state index contributed by atoms with van der Waals surface area (Å²) >= 11 is 0. The normalized spacial score (nSPS) is 16.6. The summed E-state index contributed by atoms with van der Waals surface area (Å²) in [7, 11) is 1.71. The molecule has 4 rings (SSSR count). The molecule has 0 atom stereocenters. The molecule has 1 saturated heterocycles. The predicted octanol–water partition coefficient (Wildman–Crippen LogP) is 3.50. The minimum atomic E-state index is 0.272. The number of ether oxygens (including phenoxy) is 1. The number of fused-ring (bicyclic) bond motifs is 1. The highest BCUT2D eigenvalue weighted by molar-refractivity contribution is 5.77. The van der Waals surface area contributed by atoms with Gasteiger partial charge >= 0.3 is 0 Å². The van der Waals surface area contributed by atoms with E-state index in [-0.39, 0.29) is 5.91 Å². The van der Waals surface area contributed by atoms with Gasteiger partial charge in [-0.05, 0) is 55.7 Å². The van der Waals surface area contributed by atoms with Crippen LogP contribution in [0.2, 0.25) is 0 Å². The lowest BCUT2D eigenvalue weighted by atomic mass is 10.0. The second-order valence-electron chi connectivity index (χ2n) is 8.04. The summed E-state index contributed by atoms with van der Waals surface area (Å²) in [6.45, 7) is 7.34. The van der Waals surface area contributed by atoms with Crippen LogP contribution in [0.25, 0.3) is 0 Å². The van der Waals surface area contributed by atoms with Gasteiger partial charge in [0.25, 0.3) is 0 Å². The van der Waals surface area contributed by atoms with Gasteiger partial charge in [-0.25, -0.2) is 0 Å². The number of aryl methyl sites for hydroxylation is 2. The van der Waals surface area contributed by atoms with Crippen molar-refractivity contribution in [2.45, 2.75) is 26.2 Å². The summed E-state index contributed by atoms with van der Waals surface area (Å²) in [5, 5.41) is 0. The van der Waals surface area contributed by atoms with Crippen molar-refractivity contribution in [1.29, 1.82) is 0 Å². The van der Waals surface area contributed by atoms with E-state index in [0.717, 1.165) is 57.9 Å². The number of piperazine rings is 1. The van der Waals surface area contributed by atoms with Gasteiger partial charge in [0.2, 0.25) is 5.91 Å². The van der Waals surface area contributed by atoms with E-state index in [4.69, 9.17) is 4.74 Å². The lowest BCUT2D eigenvalue weighted by molar-refractivity contribution is -0.131. The molecule has 5 heteroatoms. The Morgan fingerprint density at radius 1 is 1.00 bits per heavy atom. The maximum Gasteiger partial charge on any atom is 0.224 e. The van der Waals surface area contributed by atoms with Gasteiger partial charge in [0, 0.05) is 57.1 Å². The third kappa shape index (κ3) is 4.50. The molecule has 0 aliphatic carbocycles. The van der Waals surface area contributed by atoms with Crippen LogP contribution in [0.3, 0.4) is 0 Å². The SMILES string of the molecule is COc1ccc2c(c1)CCCN2CCC(=O)N1CCN(c2ccc(C)cc2)CC1. The van der Waals surface area contributed by atoms with Gasteiger partial charge in [0.05, 0.1) is 7.11 Å². The number of rotatable bonds is 5. The largest absolute Gasteiger partial charge is 0.497 e. The molecule has 0 aromatic heterocycles. The highest BCUT2D eigenvalue weighted by atomic mass is 16.5. The van der Waals surface area contributed by atoms with Crippen LogP contribution < -0.4 is 14.5 Å². The first kappa shape index (κ1) is 19.6. The topological polar surface area (TPSA) is 36.0 Å². The minimum Gasteiger partial charge on any atom is -0.497 e. The van der Waals surface area contributed by atoms with Gasteiger partial charge in [-0.2, -0.15) is 0 Å². The summed E-state index contributed by atoms with van der Waals surface area (Å²) in [6.07, 6.45) is 2.79. The molecule has 2 aromatic carbocycles. The van der Waals surface area contributed by atoms with Gasteiger partial charge in [-0.1, -0.05) is 17.7 Å². The van der Waals surface area contributed by atoms with Gasteiger partial charge in [0.15, 0.2) is 0 Å². The molecular weight excluding hydrogens is 362 g/mol. The van der Waals surface area contributed by atoms with Crippen LogP contribution in [-0.4, -0.2) is 57.2 Å². The molecule has 0 saturated carbocycles. The Morgan fingerprint density at radius 3 is 2.48 bits per heavy atom. The molecular formula is C24H31N3O2. The lowest BCUT2D eigenvalue weighted by Gasteiger charge is -2.37. The van der Waals surface area contributed by atoms with Crippen LogP contribution in [-0.2, 0) is 11.2 Å². The molecule has 2 heterocycles. The van der Waals surface area contributed by atoms with Gasteiger partial charge < -0.3 is 19.4 Å². The number of carbonyl (C=O) groups is 1. The van der Waals surface area contributed by atoms with E-state index in [1.807, 2.05) is 11.0 Å². The number of hydrogen-bond acceptors (Lipinski definition) is 4. The lowest BCUT2D eigenvalue weighted by Crippen LogP contribution is -2.49. The summed E-state index contributed by atoms with van der Waals surface area (Å²) in [4.78, 5) is 19.6. The van der Waals surface area contributed by atoms with E-state index in [2.05, 4.69) is 53.1 Å².